The van der Waals surface area contributed by atoms with E-state index in [1.54, 1.807) is 42.5 Å². The van der Waals surface area contributed by atoms with Crippen LogP contribution in [0.2, 0.25) is 0 Å². The summed E-state index contributed by atoms with van der Waals surface area (Å²) in [6, 6.07) is 20.7. The average Bonchev–Trinajstić information content (AvgIpc) is 2.78. The first-order valence-corrected chi connectivity index (χ1v) is 10.5. The van der Waals surface area contributed by atoms with E-state index < -0.39 is 4.92 Å². The van der Waals surface area contributed by atoms with Crippen LogP contribution in [0, 0.1) is 17.0 Å². The van der Waals surface area contributed by atoms with E-state index in [4.69, 9.17) is 0 Å². The highest BCUT2D eigenvalue weighted by Gasteiger charge is 2.16. The van der Waals surface area contributed by atoms with Crippen molar-refractivity contribution in [2.24, 2.45) is 0 Å². The van der Waals surface area contributed by atoms with Gasteiger partial charge in [-0.2, -0.15) is 0 Å². The first kappa shape index (κ1) is 22.0. The molecule has 2 N–H and O–H groups in total. The number of carbonyl (C=O) groups is 2. The van der Waals surface area contributed by atoms with Crippen molar-refractivity contribution in [3.05, 3.63) is 99.6 Å². The van der Waals surface area contributed by atoms with Gasteiger partial charge in [0.05, 0.1) is 16.2 Å². The van der Waals surface area contributed by atoms with Crippen LogP contribution in [0.15, 0.2) is 77.7 Å². The van der Waals surface area contributed by atoms with E-state index in [1.165, 1.54) is 17.8 Å². The first-order chi connectivity index (χ1) is 14.9. The number of nitrogens with one attached hydrogen (secondary N) is 2. The Labute approximate surface area is 184 Å². The van der Waals surface area contributed by atoms with Gasteiger partial charge < -0.3 is 10.6 Å². The van der Waals surface area contributed by atoms with Gasteiger partial charge in [0.2, 0.25) is 5.91 Å². The Hall–Kier alpha value is -3.65. The molecule has 0 spiro atoms. The van der Waals surface area contributed by atoms with E-state index >= 15 is 0 Å². The van der Waals surface area contributed by atoms with E-state index in [1.807, 2.05) is 31.2 Å². The topological polar surface area (TPSA) is 101 Å². The Bertz CT molecular complexity index is 1100. The summed E-state index contributed by atoms with van der Waals surface area (Å²) in [4.78, 5) is 36.3. The summed E-state index contributed by atoms with van der Waals surface area (Å²) in [5, 5.41) is 16.7. The molecule has 0 aliphatic heterocycles. The molecule has 3 aromatic carbocycles. The molecule has 0 fully saturated rings. The van der Waals surface area contributed by atoms with E-state index in [0.717, 1.165) is 5.56 Å². The molecule has 0 aliphatic carbocycles. The van der Waals surface area contributed by atoms with Crippen molar-refractivity contribution < 1.29 is 14.5 Å². The van der Waals surface area contributed by atoms with Crippen LogP contribution in [0.4, 0.5) is 11.4 Å². The fourth-order valence-corrected chi connectivity index (χ4v) is 3.72. The Morgan fingerprint density at radius 1 is 0.968 bits per heavy atom. The van der Waals surface area contributed by atoms with Crippen LogP contribution < -0.4 is 10.6 Å². The lowest BCUT2D eigenvalue weighted by molar-refractivity contribution is -0.385. The smallest absolute Gasteiger partial charge is 0.274 e. The molecule has 0 saturated carbocycles. The molecule has 0 bridgehead atoms. The van der Waals surface area contributed by atoms with E-state index in [9.17, 15) is 19.7 Å². The fraction of sp³-hybridized carbons (Fsp3) is 0.130. The van der Waals surface area contributed by atoms with Crippen LogP contribution in [-0.4, -0.2) is 22.5 Å². The Morgan fingerprint density at radius 3 is 2.39 bits per heavy atom. The number of anilines is 1. The lowest BCUT2D eigenvalue weighted by Crippen LogP contribution is -2.24. The number of rotatable bonds is 8. The minimum absolute atomic E-state index is 0.0307. The summed E-state index contributed by atoms with van der Waals surface area (Å²) < 4.78 is 0. The molecule has 158 valence electrons. The maximum absolute atomic E-state index is 12.7. The summed E-state index contributed by atoms with van der Waals surface area (Å²) in [5.41, 5.74) is 2.61. The molecule has 0 radical (unpaired) electrons. The average molecular weight is 436 g/mol. The van der Waals surface area contributed by atoms with Crippen LogP contribution in [0.1, 0.15) is 21.5 Å². The zero-order valence-corrected chi connectivity index (χ0v) is 17.6. The zero-order valence-electron chi connectivity index (χ0n) is 16.8. The molecule has 2 amide bonds. The first-order valence-electron chi connectivity index (χ1n) is 9.53. The third kappa shape index (κ3) is 6.16. The minimum atomic E-state index is -0.474. The number of thioether (sulfide) groups is 1. The molecule has 0 atom stereocenters. The molecule has 0 heterocycles. The van der Waals surface area contributed by atoms with Crippen LogP contribution in [-0.2, 0) is 11.3 Å². The van der Waals surface area contributed by atoms with Crippen molar-refractivity contribution >= 4 is 35.0 Å². The predicted molar refractivity (Wildman–Crippen MR) is 121 cm³/mol. The highest BCUT2D eigenvalue weighted by atomic mass is 32.2. The molecule has 0 aromatic heterocycles. The van der Waals surface area contributed by atoms with Gasteiger partial charge in [-0.05, 0) is 31.2 Å². The second-order valence-corrected chi connectivity index (χ2v) is 7.78. The number of nitrogens with zero attached hydrogens (tertiary/aromatic N) is 1. The Balaban J connectivity index is 1.62. The maximum atomic E-state index is 12.7. The predicted octanol–water partition coefficient (Wildman–Crippen LogP) is 4.56. The van der Waals surface area contributed by atoms with Crippen LogP contribution >= 0.6 is 11.8 Å². The van der Waals surface area contributed by atoms with Crippen molar-refractivity contribution in [3.8, 4) is 0 Å². The molecule has 3 rings (SSSR count). The summed E-state index contributed by atoms with van der Waals surface area (Å²) in [6.07, 6.45) is 0. The minimum Gasteiger partial charge on any atom is -0.348 e. The van der Waals surface area contributed by atoms with Gasteiger partial charge in [-0.1, -0.05) is 48.0 Å². The maximum Gasteiger partial charge on any atom is 0.274 e. The largest absolute Gasteiger partial charge is 0.348 e. The second-order valence-electron chi connectivity index (χ2n) is 6.77. The van der Waals surface area contributed by atoms with Crippen molar-refractivity contribution in [1.82, 2.24) is 5.32 Å². The quantitative estimate of drug-likeness (QED) is 0.307. The summed E-state index contributed by atoms with van der Waals surface area (Å²) in [6.45, 7) is 2.00. The zero-order chi connectivity index (χ0) is 22.2. The van der Waals surface area contributed by atoms with Crippen LogP contribution in [0.3, 0.4) is 0 Å². The van der Waals surface area contributed by atoms with Gasteiger partial charge in [0.1, 0.15) is 0 Å². The number of amides is 2. The monoisotopic (exact) mass is 435 g/mol. The van der Waals surface area contributed by atoms with E-state index in [2.05, 4.69) is 10.6 Å². The van der Waals surface area contributed by atoms with Gasteiger partial charge in [-0.3, -0.25) is 19.7 Å². The van der Waals surface area contributed by atoms with Crippen molar-refractivity contribution in [2.45, 2.75) is 18.4 Å². The summed E-state index contributed by atoms with van der Waals surface area (Å²) in [7, 11) is 0. The Kier molecular flexibility index (Phi) is 7.40. The number of benzene rings is 3. The third-order valence-corrected chi connectivity index (χ3v) is 5.53. The highest BCUT2D eigenvalue weighted by molar-refractivity contribution is 8.00. The molecule has 7 nitrogen and oxygen atoms in total. The highest BCUT2D eigenvalue weighted by Crippen LogP contribution is 2.24. The van der Waals surface area contributed by atoms with Gasteiger partial charge in [-0.25, -0.2) is 0 Å². The number of carbonyl (C=O) groups excluding carboxylic acids is 2. The van der Waals surface area contributed by atoms with Crippen LogP contribution in [0.25, 0.3) is 0 Å². The summed E-state index contributed by atoms with van der Waals surface area (Å²) in [5.74, 6) is -0.397. The van der Waals surface area contributed by atoms with Gasteiger partial charge in [0.25, 0.3) is 11.6 Å². The Morgan fingerprint density at radius 2 is 1.65 bits per heavy atom. The van der Waals surface area contributed by atoms with Gasteiger partial charge in [-0.15, -0.1) is 11.8 Å². The number of hydrogen-bond donors (Lipinski definition) is 2. The molecular formula is C23H21N3O4S. The third-order valence-electron chi connectivity index (χ3n) is 4.45. The molecule has 8 heteroatoms. The van der Waals surface area contributed by atoms with Crippen molar-refractivity contribution in [1.29, 1.82) is 0 Å². The second kappa shape index (κ2) is 10.4. The fourth-order valence-electron chi connectivity index (χ4n) is 2.87. The number of nitro benzene ring substituents is 1. The van der Waals surface area contributed by atoms with Crippen molar-refractivity contribution in [3.63, 3.8) is 0 Å². The molecule has 3 aromatic rings. The molecular weight excluding hydrogens is 414 g/mol. The lowest BCUT2D eigenvalue weighted by Gasteiger charge is -2.10. The number of para-hydroxylation sites is 1. The molecule has 0 saturated heterocycles. The standard InChI is InChI=1S/C23H21N3O4S/c1-16-10-12-18(13-11-16)25-22(27)15-31-21-9-5-3-7-19(21)23(28)24-14-17-6-2-4-8-20(17)26(29)30/h2-13H,14-15H2,1H3,(H,24,28)(H,25,27). The van der Waals surface area contributed by atoms with Gasteiger partial charge in [0.15, 0.2) is 0 Å². The number of aryl methyl sites for hydroxylation is 1. The van der Waals surface area contributed by atoms with Gasteiger partial charge >= 0.3 is 0 Å². The van der Waals surface area contributed by atoms with Gasteiger partial charge in [0, 0.05) is 28.8 Å². The molecule has 0 aliphatic rings. The number of nitro groups is 1. The van der Waals surface area contributed by atoms with Crippen molar-refractivity contribution in [2.75, 3.05) is 11.1 Å². The van der Waals surface area contributed by atoms with E-state index in [-0.39, 0.29) is 29.8 Å². The lowest BCUT2D eigenvalue weighted by atomic mass is 10.1. The van der Waals surface area contributed by atoms with Crippen LogP contribution in [0.5, 0.6) is 0 Å². The SMILES string of the molecule is Cc1ccc(NC(=O)CSc2ccccc2C(=O)NCc2ccccc2[N+](=O)[O-])cc1. The molecule has 31 heavy (non-hydrogen) atoms. The normalized spacial score (nSPS) is 10.4. The number of hydrogen-bond acceptors (Lipinski definition) is 5. The van der Waals surface area contributed by atoms with E-state index in [0.29, 0.717) is 21.7 Å². The summed E-state index contributed by atoms with van der Waals surface area (Å²) >= 11 is 1.25. The molecule has 0 unspecified atom stereocenters.